The number of rotatable bonds is 3. The topological polar surface area (TPSA) is 68.0 Å². The number of nitrogens with zero attached hydrogens (tertiary/aromatic N) is 1. The van der Waals surface area contributed by atoms with Crippen LogP contribution in [0.3, 0.4) is 0 Å². The molecule has 92 valence electrons. The molecule has 1 aromatic carbocycles. The van der Waals surface area contributed by atoms with E-state index >= 15 is 0 Å². The third-order valence-electron chi connectivity index (χ3n) is 2.37. The van der Waals surface area contributed by atoms with E-state index in [0.29, 0.717) is 16.5 Å². The summed E-state index contributed by atoms with van der Waals surface area (Å²) in [6, 6.07) is 10.5. The maximum Gasteiger partial charge on any atom is 0.230 e. The first-order valence-corrected chi connectivity index (χ1v) is 5.78. The summed E-state index contributed by atoms with van der Waals surface area (Å²) in [6.45, 7) is 0. The van der Waals surface area contributed by atoms with Gasteiger partial charge in [0, 0.05) is 11.2 Å². The van der Waals surface area contributed by atoms with Gasteiger partial charge in [-0.1, -0.05) is 23.7 Å². The monoisotopic (exact) mass is 261 g/mol. The minimum absolute atomic E-state index is 0.164. The highest BCUT2D eigenvalue weighted by Crippen LogP contribution is 2.14. The Morgan fingerprint density at radius 2 is 2.00 bits per heavy atom. The normalized spacial score (nSPS) is 10.1. The van der Waals surface area contributed by atoms with Crippen molar-refractivity contribution in [2.75, 3.05) is 11.1 Å². The first-order chi connectivity index (χ1) is 8.65. The minimum atomic E-state index is -0.164. The Bertz CT molecular complexity index is 554. The van der Waals surface area contributed by atoms with Crippen LogP contribution >= 0.6 is 11.6 Å². The predicted molar refractivity (Wildman–Crippen MR) is 72.4 cm³/mol. The Morgan fingerprint density at radius 1 is 1.28 bits per heavy atom. The van der Waals surface area contributed by atoms with Gasteiger partial charge >= 0.3 is 0 Å². The average Bonchev–Trinajstić information content (AvgIpc) is 2.35. The van der Waals surface area contributed by atoms with Crippen molar-refractivity contribution in [3.63, 3.8) is 0 Å². The number of hydrogen-bond donors (Lipinski definition) is 2. The molecule has 1 aromatic heterocycles. The molecule has 2 rings (SSSR count). The molecule has 0 fully saturated rings. The van der Waals surface area contributed by atoms with Crippen molar-refractivity contribution >= 4 is 29.0 Å². The SMILES string of the molecule is Nc1cccnc1NC(=O)Cc1ccc(Cl)cc1. The molecule has 3 N–H and O–H groups in total. The Labute approximate surface area is 110 Å². The van der Waals surface area contributed by atoms with Gasteiger partial charge in [-0.15, -0.1) is 0 Å². The molecule has 0 aliphatic rings. The maximum absolute atomic E-state index is 11.8. The fraction of sp³-hybridized carbons (Fsp3) is 0.0769. The molecule has 0 spiro atoms. The molecule has 0 bridgehead atoms. The van der Waals surface area contributed by atoms with Crippen LogP contribution in [-0.2, 0) is 11.2 Å². The number of benzene rings is 1. The Kier molecular flexibility index (Phi) is 3.79. The molecule has 2 aromatic rings. The van der Waals surface area contributed by atoms with Gasteiger partial charge in [0.25, 0.3) is 0 Å². The van der Waals surface area contributed by atoms with Crippen LogP contribution in [0.25, 0.3) is 0 Å². The molecule has 0 aliphatic heterocycles. The summed E-state index contributed by atoms with van der Waals surface area (Å²) in [5.41, 5.74) is 7.01. The van der Waals surface area contributed by atoms with Crippen molar-refractivity contribution in [1.82, 2.24) is 4.98 Å². The van der Waals surface area contributed by atoms with Gasteiger partial charge in [-0.25, -0.2) is 4.98 Å². The number of nitrogens with one attached hydrogen (secondary N) is 1. The highest BCUT2D eigenvalue weighted by molar-refractivity contribution is 6.30. The summed E-state index contributed by atoms with van der Waals surface area (Å²) in [6.07, 6.45) is 1.83. The van der Waals surface area contributed by atoms with Gasteiger partial charge in [0.2, 0.25) is 5.91 Å². The second-order valence-electron chi connectivity index (χ2n) is 3.79. The summed E-state index contributed by atoms with van der Waals surface area (Å²) in [4.78, 5) is 15.8. The van der Waals surface area contributed by atoms with Gasteiger partial charge in [-0.3, -0.25) is 4.79 Å². The molecule has 5 heteroatoms. The van der Waals surface area contributed by atoms with E-state index in [1.807, 2.05) is 12.1 Å². The van der Waals surface area contributed by atoms with Gasteiger partial charge in [-0.05, 0) is 29.8 Å². The standard InChI is InChI=1S/C13H12ClN3O/c14-10-5-3-9(4-6-10)8-12(18)17-13-11(15)2-1-7-16-13/h1-7H,8,15H2,(H,16,17,18). The number of amides is 1. The average molecular weight is 262 g/mol. The maximum atomic E-state index is 11.8. The molecule has 18 heavy (non-hydrogen) atoms. The van der Waals surface area contributed by atoms with Crippen LogP contribution in [0.4, 0.5) is 11.5 Å². The van der Waals surface area contributed by atoms with Crippen molar-refractivity contribution in [3.8, 4) is 0 Å². The van der Waals surface area contributed by atoms with E-state index in [0.717, 1.165) is 5.56 Å². The van der Waals surface area contributed by atoms with Crippen molar-refractivity contribution in [2.24, 2.45) is 0 Å². The smallest absolute Gasteiger partial charge is 0.230 e. The van der Waals surface area contributed by atoms with E-state index in [1.54, 1.807) is 30.5 Å². The lowest BCUT2D eigenvalue weighted by atomic mass is 10.1. The lowest BCUT2D eigenvalue weighted by Gasteiger charge is -2.06. The Hall–Kier alpha value is -2.07. The van der Waals surface area contributed by atoms with Crippen molar-refractivity contribution in [1.29, 1.82) is 0 Å². The summed E-state index contributed by atoms with van der Waals surface area (Å²) in [5, 5.41) is 3.31. The summed E-state index contributed by atoms with van der Waals surface area (Å²) in [5.74, 6) is 0.221. The largest absolute Gasteiger partial charge is 0.396 e. The highest BCUT2D eigenvalue weighted by Gasteiger charge is 2.06. The molecule has 0 saturated carbocycles. The molecule has 0 atom stereocenters. The first-order valence-electron chi connectivity index (χ1n) is 5.40. The molecule has 0 saturated heterocycles. The van der Waals surface area contributed by atoms with Crippen LogP contribution in [-0.4, -0.2) is 10.9 Å². The second kappa shape index (κ2) is 5.51. The first kappa shape index (κ1) is 12.4. The second-order valence-corrected chi connectivity index (χ2v) is 4.23. The van der Waals surface area contributed by atoms with Crippen LogP contribution in [0, 0.1) is 0 Å². The molecule has 0 radical (unpaired) electrons. The predicted octanol–water partition coefficient (Wildman–Crippen LogP) is 2.50. The lowest BCUT2D eigenvalue weighted by Crippen LogP contribution is -2.16. The van der Waals surface area contributed by atoms with E-state index in [4.69, 9.17) is 17.3 Å². The Morgan fingerprint density at radius 3 is 2.67 bits per heavy atom. The number of nitrogen functional groups attached to an aromatic ring is 1. The van der Waals surface area contributed by atoms with Crippen LogP contribution in [0.15, 0.2) is 42.6 Å². The number of nitrogens with two attached hydrogens (primary N) is 1. The van der Waals surface area contributed by atoms with Crippen LogP contribution in [0.5, 0.6) is 0 Å². The highest BCUT2D eigenvalue weighted by atomic mass is 35.5. The van der Waals surface area contributed by atoms with Crippen molar-refractivity contribution in [3.05, 3.63) is 53.2 Å². The number of hydrogen-bond acceptors (Lipinski definition) is 3. The van der Waals surface area contributed by atoms with Crippen LogP contribution in [0.2, 0.25) is 5.02 Å². The zero-order valence-electron chi connectivity index (χ0n) is 9.56. The number of aromatic nitrogens is 1. The molecular weight excluding hydrogens is 250 g/mol. The van der Waals surface area contributed by atoms with Gasteiger partial charge in [0.15, 0.2) is 5.82 Å². The van der Waals surface area contributed by atoms with Crippen LogP contribution in [0.1, 0.15) is 5.56 Å². The zero-order chi connectivity index (χ0) is 13.0. The molecule has 4 nitrogen and oxygen atoms in total. The third kappa shape index (κ3) is 3.21. The third-order valence-corrected chi connectivity index (χ3v) is 2.63. The van der Waals surface area contributed by atoms with E-state index < -0.39 is 0 Å². The quantitative estimate of drug-likeness (QED) is 0.892. The molecule has 1 amide bonds. The number of anilines is 2. The summed E-state index contributed by atoms with van der Waals surface area (Å²) >= 11 is 5.77. The fourth-order valence-electron chi connectivity index (χ4n) is 1.49. The number of carbonyl (C=O) groups is 1. The van der Waals surface area contributed by atoms with E-state index in [-0.39, 0.29) is 12.3 Å². The van der Waals surface area contributed by atoms with Crippen LogP contribution < -0.4 is 11.1 Å². The molecule has 0 aliphatic carbocycles. The molecule has 1 heterocycles. The van der Waals surface area contributed by atoms with E-state index in [2.05, 4.69) is 10.3 Å². The lowest BCUT2D eigenvalue weighted by molar-refractivity contribution is -0.115. The number of halogens is 1. The van der Waals surface area contributed by atoms with Gasteiger partial charge in [-0.2, -0.15) is 0 Å². The van der Waals surface area contributed by atoms with Gasteiger partial charge < -0.3 is 11.1 Å². The molecule has 0 unspecified atom stereocenters. The van der Waals surface area contributed by atoms with Crippen molar-refractivity contribution < 1.29 is 4.79 Å². The number of carbonyl (C=O) groups excluding carboxylic acids is 1. The zero-order valence-corrected chi connectivity index (χ0v) is 10.3. The van der Waals surface area contributed by atoms with E-state index in [9.17, 15) is 4.79 Å². The van der Waals surface area contributed by atoms with Gasteiger partial charge in [0.1, 0.15) is 0 Å². The van der Waals surface area contributed by atoms with Crippen molar-refractivity contribution in [2.45, 2.75) is 6.42 Å². The molecular formula is C13H12ClN3O. The fourth-order valence-corrected chi connectivity index (χ4v) is 1.61. The van der Waals surface area contributed by atoms with E-state index in [1.165, 1.54) is 0 Å². The van der Waals surface area contributed by atoms with Gasteiger partial charge in [0.05, 0.1) is 12.1 Å². The number of pyridine rings is 1. The Balaban J connectivity index is 2.01. The summed E-state index contributed by atoms with van der Waals surface area (Å²) < 4.78 is 0. The summed E-state index contributed by atoms with van der Waals surface area (Å²) in [7, 11) is 0. The minimum Gasteiger partial charge on any atom is -0.396 e.